The molecule has 0 spiro atoms. The average Bonchev–Trinajstić information content (AvgIpc) is 3.61. The molecule has 1 aliphatic rings. The summed E-state index contributed by atoms with van der Waals surface area (Å²) in [4.78, 5) is 0. The first-order chi connectivity index (χ1) is 20.1. The van der Waals surface area contributed by atoms with E-state index in [-0.39, 0.29) is 5.41 Å². The number of benzene rings is 6. The molecule has 0 amide bonds. The van der Waals surface area contributed by atoms with Crippen molar-refractivity contribution in [2.75, 3.05) is 0 Å². The van der Waals surface area contributed by atoms with Gasteiger partial charge in [-0.1, -0.05) is 105 Å². The molecule has 0 aliphatic heterocycles. The van der Waals surface area contributed by atoms with Gasteiger partial charge in [0.1, 0.15) is 0 Å². The highest BCUT2D eigenvalue weighted by atomic mass is 15.0. The van der Waals surface area contributed by atoms with Crippen molar-refractivity contribution in [1.82, 2.24) is 9.13 Å². The Morgan fingerprint density at radius 2 is 1.00 bits per heavy atom. The Morgan fingerprint density at radius 1 is 0.439 bits per heavy atom. The van der Waals surface area contributed by atoms with Gasteiger partial charge in [0.25, 0.3) is 0 Å². The third-order valence-electron chi connectivity index (χ3n) is 9.29. The predicted octanol–water partition coefficient (Wildman–Crippen LogP) is 10.2. The van der Waals surface area contributed by atoms with Gasteiger partial charge in [-0.25, -0.2) is 0 Å². The summed E-state index contributed by atoms with van der Waals surface area (Å²) in [6.45, 7) is 4.75. The minimum atomic E-state index is -0.104. The molecule has 1 aliphatic carbocycles. The van der Waals surface area contributed by atoms with Crippen molar-refractivity contribution in [2.45, 2.75) is 19.3 Å². The van der Waals surface area contributed by atoms with Crippen LogP contribution in [0.25, 0.3) is 66.1 Å². The van der Waals surface area contributed by atoms with Crippen LogP contribution >= 0.6 is 0 Å². The van der Waals surface area contributed by atoms with Crippen molar-refractivity contribution in [3.63, 3.8) is 0 Å². The highest BCUT2D eigenvalue weighted by Crippen LogP contribution is 2.52. The molecular weight excluding hydrogens is 496 g/mol. The molecule has 0 radical (unpaired) electrons. The van der Waals surface area contributed by atoms with E-state index in [4.69, 9.17) is 0 Å². The third-order valence-corrected chi connectivity index (χ3v) is 9.29. The van der Waals surface area contributed by atoms with Crippen LogP contribution in [0.5, 0.6) is 0 Å². The van der Waals surface area contributed by atoms with E-state index in [2.05, 4.69) is 156 Å². The second kappa shape index (κ2) is 7.99. The van der Waals surface area contributed by atoms with E-state index in [1.807, 2.05) is 0 Å². The summed E-state index contributed by atoms with van der Waals surface area (Å²) in [5.41, 5.74) is 12.8. The van der Waals surface area contributed by atoms with E-state index in [9.17, 15) is 0 Å². The van der Waals surface area contributed by atoms with Gasteiger partial charge in [-0.3, -0.25) is 0 Å². The number of rotatable bonds is 2. The normalized spacial score (nSPS) is 13.8. The number of hydrogen-bond donors (Lipinski definition) is 0. The summed E-state index contributed by atoms with van der Waals surface area (Å²) < 4.78 is 4.93. The van der Waals surface area contributed by atoms with E-state index < -0.39 is 0 Å². The maximum absolute atomic E-state index is 2.52. The maximum Gasteiger partial charge on any atom is 0.0549 e. The molecule has 2 aromatic heterocycles. The predicted molar refractivity (Wildman–Crippen MR) is 173 cm³/mol. The summed E-state index contributed by atoms with van der Waals surface area (Å²) in [6, 6.07) is 48.9. The summed E-state index contributed by atoms with van der Waals surface area (Å²) in [5, 5.41) is 5.20. The Hall–Kier alpha value is -5.08. The van der Waals surface area contributed by atoms with Gasteiger partial charge in [0, 0.05) is 32.6 Å². The van der Waals surface area contributed by atoms with Crippen molar-refractivity contribution in [3.05, 3.63) is 145 Å². The van der Waals surface area contributed by atoms with Crippen LogP contribution < -0.4 is 0 Å². The highest BCUT2D eigenvalue weighted by Gasteiger charge is 2.38. The molecule has 194 valence electrons. The molecule has 0 atom stereocenters. The summed E-state index contributed by atoms with van der Waals surface area (Å²) in [7, 11) is 0. The number of nitrogens with zero attached hydrogens (tertiary/aromatic N) is 2. The van der Waals surface area contributed by atoms with Crippen LogP contribution in [0.1, 0.15) is 25.0 Å². The molecule has 9 rings (SSSR count). The third kappa shape index (κ3) is 2.87. The molecule has 0 unspecified atom stereocenters. The standard InChI is InChI=1S/C39H28N2/c1-39(2)30-19-9-6-15-26(30)27-18-12-22-35(38(27)39)41-32-21-11-8-17-29(32)37-34(41)24-23-33-36(37)28-16-7-10-20-31(28)40(33)25-13-4-3-5-14-25/h3-24H,1-2H3. The quantitative estimate of drug-likeness (QED) is 0.213. The second-order valence-corrected chi connectivity index (χ2v) is 11.8. The van der Waals surface area contributed by atoms with Crippen molar-refractivity contribution in [3.8, 4) is 22.5 Å². The molecule has 2 heteroatoms. The van der Waals surface area contributed by atoms with Crippen LogP contribution in [-0.4, -0.2) is 9.13 Å². The zero-order chi connectivity index (χ0) is 27.3. The van der Waals surface area contributed by atoms with E-state index in [0.717, 1.165) is 0 Å². The summed E-state index contributed by atoms with van der Waals surface area (Å²) in [6.07, 6.45) is 0. The largest absolute Gasteiger partial charge is 0.309 e. The minimum absolute atomic E-state index is 0.104. The fourth-order valence-corrected chi connectivity index (χ4v) is 7.64. The zero-order valence-corrected chi connectivity index (χ0v) is 23.1. The highest BCUT2D eigenvalue weighted by molar-refractivity contribution is 6.29. The van der Waals surface area contributed by atoms with E-state index in [0.29, 0.717) is 0 Å². The first-order valence-electron chi connectivity index (χ1n) is 14.4. The minimum Gasteiger partial charge on any atom is -0.309 e. The summed E-state index contributed by atoms with van der Waals surface area (Å²) in [5.74, 6) is 0. The molecule has 0 bridgehead atoms. The number of fused-ring (bicyclic) bond motifs is 10. The first kappa shape index (κ1) is 22.7. The molecule has 2 heterocycles. The van der Waals surface area contributed by atoms with Crippen molar-refractivity contribution < 1.29 is 0 Å². The fourth-order valence-electron chi connectivity index (χ4n) is 7.64. The van der Waals surface area contributed by atoms with Gasteiger partial charge in [0.15, 0.2) is 0 Å². The van der Waals surface area contributed by atoms with Crippen LogP contribution in [0, 0.1) is 0 Å². The topological polar surface area (TPSA) is 9.86 Å². The lowest BCUT2D eigenvalue weighted by molar-refractivity contribution is 0.656. The molecule has 6 aromatic carbocycles. The number of para-hydroxylation sites is 3. The van der Waals surface area contributed by atoms with Crippen LogP contribution in [0.15, 0.2) is 133 Å². The maximum atomic E-state index is 2.52. The van der Waals surface area contributed by atoms with E-state index in [1.165, 1.54) is 77.2 Å². The van der Waals surface area contributed by atoms with Crippen LogP contribution in [0.4, 0.5) is 0 Å². The molecule has 0 saturated heterocycles. The fraction of sp³-hybridized carbons (Fsp3) is 0.0769. The summed E-state index contributed by atoms with van der Waals surface area (Å²) >= 11 is 0. The van der Waals surface area contributed by atoms with Crippen LogP contribution in [0.2, 0.25) is 0 Å². The molecule has 8 aromatic rings. The first-order valence-corrected chi connectivity index (χ1v) is 14.4. The van der Waals surface area contributed by atoms with Gasteiger partial charge in [-0.15, -0.1) is 0 Å². The molecule has 0 saturated carbocycles. The lowest BCUT2D eigenvalue weighted by Gasteiger charge is -2.25. The van der Waals surface area contributed by atoms with Crippen LogP contribution in [-0.2, 0) is 5.41 Å². The smallest absolute Gasteiger partial charge is 0.0549 e. The van der Waals surface area contributed by atoms with Gasteiger partial charge in [0.05, 0.1) is 27.8 Å². The van der Waals surface area contributed by atoms with E-state index >= 15 is 0 Å². The monoisotopic (exact) mass is 524 g/mol. The van der Waals surface area contributed by atoms with E-state index in [1.54, 1.807) is 0 Å². The van der Waals surface area contributed by atoms with Gasteiger partial charge < -0.3 is 9.13 Å². The average molecular weight is 525 g/mol. The lowest BCUT2D eigenvalue weighted by Crippen LogP contribution is -2.17. The van der Waals surface area contributed by atoms with Crippen LogP contribution in [0.3, 0.4) is 0 Å². The molecule has 0 N–H and O–H groups in total. The molecule has 41 heavy (non-hydrogen) atoms. The Kier molecular flexibility index (Phi) is 4.42. The number of aromatic nitrogens is 2. The Labute approximate surface area is 238 Å². The van der Waals surface area contributed by atoms with Crippen molar-refractivity contribution in [2.24, 2.45) is 0 Å². The van der Waals surface area contributed by atoms with Gasteiger partial charge in [-0.05, 0) is 64.7 Å². The van der Waals surface area contributed by atoms with Crippen molar-refractivity contribution in [1.29, 1.82) is 0 Å². The lowest BCUT2D eigenvalue weighted by atomic mass is 9.81. The Bertz CT molecular complexity index is 2330. The molecule has 2 nitrogen and oxygen atoms in total. The second-order valence-electron chi connectivity index (χ2n) is 11.8. The SMILES string of the molecule is CC1(C)c2ccccc2-c2cccc(-n3c4ccccc4c4c5c6ccccc6n(-c6ccccc6)c5ccc43)c21. The Balaban J connectivity index is 1.46. The number of hydrogen-bond acceptors (Lipinski definition) is 0. The Morgan fingerprint density at radius 3 is 1.73 bits per heavy atom. The van der Waals surface area contributed by atoms with Gasteiger partial charge in [0.2, 0.25) is 0 Å². The van der Waals surface area contributed by atoms with Gasteiger partial charge >= 0.3 is 0 Å². The zero-order valence-electron chi connectivity index (χ0n) is 23.1. The molecular formula is C39H28N2. The van der Waals surface area contributed by atoms with Crippen molar-refractivity contribution >= 4 is 43.6 Å². The van der Waals surface area contributed by atoms with Gasteiger partial charge in [-0.2, -0.15) is 0 Å². The molecule has 0 fully saturated rings.